The summed E-state index contributed by atoms with van der Waals surface area (Å²) in [5.41, 5.74) is 3.15. The normalized spacial score (nSPS) is 14.4. The third-order valence-corrected chi connectivity index (χ3v) is 8.79. The molecule has 0 bridgehead atoms. The Kier molecular flexibility index (Phi) is 6.91. The van der Waals surface area contributed by atoms with Crippen LogP contribution in [-0.4, -0.2) is 51.4 Å². The highest BCUT2D eigenvalue weighted by Crippen LogP contribution is 2.33. The van der Waals surface area contributed by atoms with Crippen LogP contribution in [0.15, 0.2) is 42.7 Å². The molecule has 3 heterocycles. The molecule has 36 heavy (non-hydrogen) atoms. The molecule has 1 saturated heterocycles. The highest BCUT2D eigenvalue weighted by molar-refractivity contribution is 6.76. The van der Waals surface area contributed by atoms with Gasteiger partial charge in [-0.25, -0.2) is 4.98 Å². The van der Waals surface area contributed by atoms with Gasteiger partial charge in [-0.3, -0.25) is 13.9 Å². The molecule has 2 aromatic carbocycles. The van der Waals surface area contributed by atoms with Gasteiger partial charge in [0.2, 0.25) is 11.7 Å². The molecule has 1 fully saturated rings. The number of amides is 1. The average Bonchev–Trinajstić information content (AvgIpc) is 3.55. The number of carbonyl (C=O) groups excluding carboxylic acids is 1. The molecule has 1 aliphatic rings. The first-order valence-corrected chi connectivity index (χ1v) is 16.4. The van der Waals surface area contributed by atoms with E-state index in [-0.39, 0.29) is 5.91 Å². The van der Waals surface area contributed by atoms with Crippen LogP contribution >= 0.6 is 23.2 Å². The fraction of sp³-hybridized carbons (Fsp3) is 0.360. The van der Waals surface area contributed by atoms with E-state index in [2.05, 4.69) is 29.8 Å². The summed E-state index contributed by atoms with van der Waals surface area (Å²) in [5, 5.41) is 9.38. The lowest BCUT2D eigenvalue weighted by atomic mass is 10.2. The van der Waals surface area contributed by atoms with Crippen molar-refractivity contribution in [3.8, 4) is 17.3 Å². The molecule has 0 aliphatic carbocycles. The second-order valence-electron chi connectivity index (χ2n) is 10.1. The second kappa shape index (κ2) is 9.97. The average molecular weight is 544 g/mol. The molecule has 0 spiro atoms. The van der Waals surface area contributed by atoms with Crippen LogP contribution in [0.5, 0.6) is 0 Å². The van der Waals surface area contributed by atoms with Crippen molar-refractivity contribution in [2.45, 2.75) is 45.3 Å². The minimum atomic E-state index is -1.23. The molecule has 8 nitrogen and oxygen atoms in total. The van der Waals surface area contributed by atoms with E-state index in [0.717, 1.165) is 35.7 Å². The van der Waals surface area contributed by atoms with E-state index in [1.807, 2.05) is 39.8 Å². The third kappa shape index (κ3) is 4.93. The molecule has 0 saturated carbocycles. The molecular formula is C25H28Cl2N6O2Si. The number of carbonyl (C=O) groups is 1. The molecule has 0 unspecified atom stereocenters. The van der Waals surface area contributed by atoms with E-state index in [1.54, 1.807) is 17.0 Å². The Hall–Kier alpha value is -2.72. The Morgan fingerprint density at radius 3 is 2.69 bits per heavy atom. The van der Waals surface area contributed by atoms with Gasteiger partial charge in [-0.15, -0.1) is 10.2 Å². The van der Waals surface area contributed by atoms with Crippen molar-refractivity contribution in [3.63, 3.8) is 0 Å². The maximum atomic E-state index is 12.3. The van der Waals surface area contributed by atoms with Crippen molar-refractivity contribution in [3.05, 3.63) is 52.8 Å². The number of hydrogen-bond donors (Lipinski definition) is 0. The molecule has 188 valence electrons. The summed E-state index contributed by atoms with van der Waals surface area (Å²) >= 11 is 12.8. The van der Waals surface area contributed by atoms with Crippen molar-refractivity contribution in [1.82, 2.24) is 24.3 Å². The van der Waals surface area contributed by atoms with Crippen molar-refractivity contribution in [2.75, 3.05) is 18.1 Å². The lowest BCUT2D eigenvalue weighted by Gasteiger charge is -2.17. The minimum Gasteiger partial charge on any atom is -0.361 e. The van der Waals surface area contributed by atoms with Gasteiger partial charge in [0.1, 0.15) is 13.1 Å². The number of imidazole rings is 1. The molecular weight excluding hydrogens is 515 g/mol. The Bertz CT molecular complexity index is 1430. The van der Waals surface area contributed by atoms with Crippen LogP contribution in [0.25, 0.3) is 28.4 Å². The van der Waals surface area contributed by atoms with Crippen LogP contribution < -0.4 is 4.90 Å². The van der Waals surface area contributed by atoms with Gasteiger partial charge in [0.05, 0.1) is 26.8 Å². The third-order valence-electron chi connectivity index (χ3n) is 6.27. The van der Waals surface area contributed by atoms with Crippen LogP contribution in [-0.2, 0) is 16.3 Å². The summed E-state index contributed by atoms with van der Waals surface area (Å²) in [4.78, 5) is 19.1. The minimum absolute atomic E-state index is 0.138. The van der Waals surface area contributed by atoms with E-state index >= 15 is 0 Å². The van der Waals surface area contributed by atoms with E-state index in [1.165, 1.54) is 0 Å². The van der Waals surface area contributed by atoms with Crippen LogP contribution in [0.3, 0.4) is 0 Å². The summed E-state index contributed by atoms with van der Waals surface area (Å²) < 4.78 is 9.90. The van der Waals surface area contributed by atoms with Gasteiger partial charge in [0, 0.05) is 33.3 Å². The first-order chi connectivity index (χ1) is 17.2. The van der Waals surface area contributed by atoms with E-state index in [9.17, 15) is 4.79 Å². The summed E-state index contributed by atoms with van der Waals surface area (Å²) in [5.74, 6) is 1.25. The molecule has 0 radical (unpaired) electrons. The summed E-state index contributed by atoms with van der Waals surface area (Å²) in [7, 11) is -1.23. The Balaban J connectivity index is 1.58. The summed E-state index contributed by atoms with van der Waals surface area (Å²) in [6.07, 6.45) is 3.04. The number of anilines is 1. The van der Waals surface area contributed by atoms with Gasteiger partial charge in [-0.1, -0.05) is 48.9 Å². The van der Waals surface area contributed by atoms with Crippen LogP contribution in [0.1, 0.15) is 12.8 Å². The van der Waals surface area contributed by atoms with Crippen molar-refractivity contribution in [2.24, 2.45) is 0 Å². The van der Waals surface area contributed by atoms with Crippen LogP contribution in [0.2, 0.25) is 35.7 Å². The van der Waals surface area contributed by atoms with Crippen LogP contribution in [0, 0.1) is 0 Å². The van der Waals surface area contributed by atoms with Crippen molar-refractivity contribution >= 4 is 53.9 Å². The summed E-state index contributed by atoms with van der Waals surface area (Å²) in [6, 6.07) is 12.4. The number of benzene rings is 2. The molecule has 11 heteroatoms. The molecule has 0 N–H and O–H groups in total. The van der Waals surface area contributed by atoms with E-state index < -0.39 is 8.07 Å². The van der Waals surface area contributed by atoms with Gasteiger partial charge in [-0.2, -0.15) is 0 Å². The molecule has 5 rings (SSSR count). The van der Waals surface area contributed by atoms with Crippen molar-refractivity contribution < 1.29 is 9.53 Å². The molecule has 2 aromatic heterocycles. The predicted octanol–water partition coefficient (Wildman–Crippen LogP) is 6.03. The Morgan fingerprint density at radius 1 is 1.11 bits per heavy atom. The van der Waals surface area contributed by atoms with Crippen molar-refractivity contribution in [1.29, 1.82) is 0 Å². The number of rotatable bonds is 8. The highest BCUT2D eigenvalue weighted by Gasteiger charge is 2.24. The largest absolute Gasteiger partial charge is 0.361 e. The zero-order valence-electron chi connectivity index (χ0n) is 20.5. The predicted molar refractivity (Wildman–Crippen MR) is 146 cm³/mol. The van der Waals surface area contributed by atoms with Gasteiger partial charge in [0.25, 0.3) is 0 Å². The monoisotopic (exact) mass is 542 g/mol. The zero-order valence-corrected chi connectivity index (χ0v) is 23.1. The second-order valence-corrected chi connectivity index (χ2v) is 16.5. The fourth-order valence-electron chi connectivity index (χ4n) is 4.29. The standard InChI is InChI=1S/C25H28Cl2N6O2Si/c1-36(2,3)13-12-35-16-33-20-10-9-17(31-11-5-8-22(31)34)14-19(20)29-24(33)25-30-28-15-32(25)21-7-4-6-18(26)23(21)27/h4,6-7,9-10,14-15H,5,8,11-13,16H2,1-3H3. The lowest BCUT2D eigenvalue weighted by Crippen LogP contribution is -2.23. The first kappa shape index (κ1) is 24.9. The molecule has 0 atom stereocenters. The number of hydrogen-bond acceptors (Lipinski definition) is 5. The highest BCUT2D eigenvalue weighted by atomic mass is 35.5. The van der Waals surface area contributed by atoms with Gasteiger partial charge in [-0.05, 0) is 42.8 Å². The molecule has 1 amide bonds. The maximum Gasteiger partial charge on any atom is 0.227 e. The van der Waals surface area contributed by atoms with Crippen LogP contribution in [0.4, 0.5) is 5.69 Å². The lowest BCUT2D eigenvalue weighted by molar-refractivity contribution is -0.117. The number of halogens is 2. The zero-order chi connectivity index (χ0) is 25.4. The van der Waals surface area contributed by atoms with Gasteiger partial charge >= 0.3 is 0 Å². The van der Waals surface area contributed by atoms with Gasteiger partial charge in [0.15, 0.2) is 5.82 Å². The molecule has 4 aromatic rings. The number of ether oxygens (including phenoxy) is 1. The SMILES string of the molecule is C[Si](C)(C)CCOCn1c(-c2nncn2-c2cccc(Cl)c2Cl)nc2cc(N3CCCC3=O)ccc21. The first-order valence-electron chi connectivity index (χ1n) is 12.0. The smallest absolute Gasteiger partial charge is 0.227 e. The van der Waals surface area contributed by atoms with E-state index in [4.69, 9.17) is 32.9 Å². The number of aromatic nitrogens is 5. The number of nitrogens with zero attached hydrogens (tertiary/aromatic N) is 6. The quantitative estimate of drug-likeness (QED) is 0.200. The van der Waals surface area contributed by atoms with Gasteiger partial charge < -0.3 is 9.64 Å². The fourth-order valence-corrected chi connectivity index (χ4v) is 5.43. The molecule has 1 aliphatic heterocycles. The topological polar surface area (TPSA) is 78.1 Å². The number of fused-ring (bicyclic) bond motifs is 1. The maximum absolute atomic E-state index is 12.3. The van der Waals surface area contributed by atoms with E-state index in [0.29, 0.717) is 47.1 Å². The summed E-state index contributed by atoms with van der Waals surface area (Å²) in [6.45, 7) is 8.68. The Labute approximate surface area is 220 Å². The Morgan fingerprint density at radius 2 is 1.94 bits per heavy atom.